The van der Waals surface area contributed by atoms with Gasteiger partial charge in [-0.2, -0.15) is 0 Å². The fraction of sp³-hybridized carbons (Fsp3) is 0.562. The third-order valence-corrected chi connectivity index (χ3v) is 4.79. The van der Waals surface area contributed by atoms with Gasteiger partial charge in [-0.15, -0.1) is 0 Å². The summed E-state index contributed by atoms with van der Waals surface area (Å²) in [6.45, 7) is 2.20. The molecule has 0 spiro atoms. The smallest absolute Gasteiger partial charge is 0.140 e. The fourth-order valence-electron chi connectivity index (χ4n) is 2.95. The Balaban J connectivity index is 1.98. The van der Waals surface area contributed by atoms with E-state index in [1.807, 2.05) is 0 Å². The molecule has 1 aromatic rings. The van der Waals surface area contributed by atoms with E-state index < -0.39 is 0 Å². The average Bonchev–Trinajstić information content (AvgIpc) is 2.43. The number of carbonyl (C=O) groups is 1. The van der Waals surface area contributed by atoms with Crippen LogP contribution in [0.5, 0.6) is 0 Å². The quantitative estimate of drug-likeness (QED) is 0.767. The maximum Gasteiger partial charge on any atom is 0.140 e. The molecule has 2 unspecified atom stereocenters. The van der Waals surface area contributed by atoms with Crippen molar-refractivity contribution in [2.45, 2.75) is 45.4 Å². The van der Waals surface area contributed by atoms with E-state index in [0.29, 0.717) is 22.6 Å². The van der Waals surface area contributed by atoms with Gasteiger partial charge in [0.1, 0.15) is 11.6 Å². The molecule has 0 saturated heterocycles. The second kappa shape index (κ2) is 6.65. The van der Waals surface area contributed by atoms with Crippen molar-refractivity contribution in [1.82, 2.24) is 0 Å². The topological polar surface area (TPSA) is 17.1 Å². The van der Waals surface area contributed by atoms with E-state index in [1.165, 1.54) is 25.3 Å². The molecule has 2 atom stereocenters. The molecule has 19 heavy (non-hydrogen) atoms. The van der Waals surface area contributed by atoms with E-state index in [4.69, 9.17) is 0 Å². The molecule has 0 bridgehead atoms. The average molecular weight is 327 g/mol. The summed E-state index contributed by atoms with van der Waals surface area (Å²) in [5.41, 5.74) is 0.900. The van der Waals surface area contributed by atoms with Gasteiger partial charge in [-0.05, 0) is 52.4 Å². The number of rotatable bonds is 4. The molecule has 1 fully saturated rings. The number of carbonyl (C=O) groups excluding carboxylic acids is 1. The molecule has 1 saturated carbocycles. The van der Waals surface area contributed by atoms with Gasteiger partial charge in [0.05, 0.1) is 4.47 Å². The summed E-state index contributed by atoms with van der Waals surface area (Å²) < 4.78 is 13.6. The van der Waals surface area contributed by atoms with Crippen LogP contribution < -0.4 is 0 Å². The van der Waals surface area contributed by atoms with Crippen molar-refractivity contribution in [3.63, 3.8) is 0 Å². The zero-order valence-electron chi connectivity index (χ0n) is 11.3. The highest BCUT2D eigenvalue weighted by molar-refractivity contribution is 9.10. The normalized spacial score (nSPS) is 23.3. The van der Waals surface area contributed by atoms with Crippen molar-refractivity contribution in [2.24, 2.45) is 11.8 Å². The van der Waals surface area contributed by atoms with Crippen LogP contribution in [-0.4, -0.2) is 5.78 Å². The summed E-state index contributed by atoms with van der Waals surface area (Å²) in [5, 5.41) is 0. The molecule has 1 aromatic carbocycles. The Morgan fingerprint density at radius 3 is 2.89 bits per heavy atom. The van der Waals surface area contributed by atoms with E-state index in [2.05, 4.69) is 22.9 Å². The molecule has 0 N–H and O–H groups in total. The van der Waals surface area contributed by atoms with E-state index in [-0.39, 0.29) is 11.7 Å². The summed E-state index contributed by atoms with van der Waals surface area (Å²) >= 11 is 3.17. The van der Waals surface area contributed by atoms with Crippen LogP contribution in [0.3, 0.4) is 0 Å². The van der Waals surface area contributed by atoms with Gasteiger partial charge in [0.25, 0.3) is 0 Å². The summed E-state index contributed by atoms with van der Waals surface area (Å²) in [5.74, 6) is 0.960. The third kappa shape index (κ3) is 3.88. The lowest BCUT2D eigenvalue weighted by molar-refractivity contribution is -0.123. The zero-order chi connectivity index (χ0) is 13.8. The Hall–Kier alpha value is -0.700. The van der Waals surface area contributed by atoms with E-state index in [1.54, 1.807) is 12.1 Å². The Labute approximate surface area is 122 Å². The minimum atomic E-state index is -0.278. The second-order valence-corrected chi connectivity index (χ2v) is 6.38. The lowest BCUT2D eigenvalue weighted by Gasteiger charge is -2.27. The molecule has 0 amide bonds. The minimum Gasteiger partial charge on any atom is -0.299 e. The van der Waals surface area contributed by atoms with Gasteiger partial charge in [-0.3, -0.25) is 4.79 Å². The van der Waals surface area contributed by atoms with Gasteiger partial charge < -0.3 is 0 Å². The Morgan fingerprint density at radius 1 is 1.42 bits per heavy atom. The molecule has 2 rings (SSSR count). The number of hydrogen-bond acceptors (Lipinski definition) is 1. The largest absolute Gasteiger partial charge is 0.299 e. The summed E-state index contributed by atoms with van der Waals surface area (Å²) in [6, 6.07) is 4.84. The van der Waals surface area contributed by atoms with E-state index in [9.17, 15) is 9.18 Å². The Bertz CT molecular complexity index is 458. The standard InChI is InChI=1S/C16H20BrFO/c1-2-11-4-3-5-13(8-11)16(19)10-12-6-7-15(18)14(17)9-12/h6-7,9,11,13H,2-5,8,10H2,1H3. The highest BCUT2D eigenvalue weighted by atomic mass is 79.9. The Kier molecular flexibility index (Phi) is 5.14. The molecule has 1 nitrogen and oxygen atoms in total. The van der Waals surface area contributed by atoms with E-state index in [0.717, 1.165) is 18.4 Å². The van der Waals surface area contributed by atoms with Crippen LogP contribution in [0.1, 0.15) is 44.6 Å². The minimum absolute atomic E-state index is 0.211. The van der Waals surface area contributed by atoms with E-state index >= 15 is 0 Å². The van der Waals surface area contributed by atoms with Crippen LogP contribution in [0.15, 0.2) is 22.7 Å². The second-order valence-electron chi connectivity index (χ2n) is 5.53. The Morgan fingerprint density at radius 2 is 2.21 bits per heavy atom. The van der Waals surface area contributed by atoms with Crippen LogP contribution in [-0.2, 0) is 11.2 Å². The first-order valence-electron chi connectivity index (χ1n) is 7.06. The van der Waals surface area contributed by atoms with Crippen molar-refractivity contribution >= 4 is 21.7 Å². The van der Waals surface area contributed by atoms with Gasteiger partial charge in [-0.1, -0.05) is 32.3 Å². The maximum atomic E-state index is 13.2. The lowest BCUT2D eigenvalue weighted by atomic mass is 9.77. The number of Topliss-reactive ketones (excluding diaryl/α,β-unsaturated/α-hetero) is 1. The summed E-state index contributed by atoms with van der Waals surface area (Å²) in [7, 11) is 0. The van der Waals surface area contributed by atoms with Crippen LogP contribution >= 0.6 is 15.9 Å². The van der Waals surface area contributed by atoms with Crippen molar-refractivity contribution in [3.8, 4) is 0 Å². The zero-order valence-corrected chi connectivity index (χ0v) is 12.9. The molecule has 104 valence electrons. The van der Waals surface area contributed by atoms with Gasteiger partial charge in [-0.25, -0.2) is 4.39 Å². The van der Waals surface area contributed by atoms with Crippen LogP contribution in [0, 0.1) is 17.7 Å². The first-order chi connectivity index (χ1) is 9.10. The monoisotopic (exact) mass is 326 g/mol. The molecule has 3 heteroatoms. The van der Waals surface area contributed by atoms with Gasteiger partial charge in [0, 0.05) is 12.3 Å². The molecule has 0 aromatic heterocycles. The molecule has 0 radical (unpaired) electrons. The number of benzene rings is 1. The first kappa shape index (κ1) is 14.7. The third-order valence-electron chi connectivity index (χ3n) is 4.18. The molecular formula is C16H20BrFO. The molecule has 0 aliphatic heterocycles. The summed E-state index contributed by atoms with van der Waals surface area (Å²) in [4.78, 5) is 12.3. The van der Waals surface area contributed by atoms with Crippen LogP contribution in [0.2, 0.25) is 0 Å². The van der Waals surface area contributed by atoms with Crippen molar-refractivity contribution < 1.29 is 9.18 Å². The van der Waals surface area contributed by atoms with Gasteiger partial charge >= 0.3 is 0 Å². The molecule has 1 aliphatic rings. The predicted octanol–water partition coefficient (Wildman–Crippen LogP) is 4.92. The molecule has 0 heterocycles. The fourth-order valence-corrected chi connectivity index (χ4v) is 3.38. The van der Waals surface area contributed by atoms with Gasteiger partial charge in [0.2, 0.25) is 0 Å². The number of halogens is 2. The van der Waals surface area contributed by atoms with Crippen molar-refractivity contribution in [2.75, 3.05) is 0 Å². The van der Waals surface area contributed by atoms with Crippen molar-refractivity contribution in [1.29, 1.82) is 0 Å². The first-order valence-corrected chi connectivity index (χ1v) is 7.86. The highest BCUT2D eigenvalue weighted by Crippen LogP contribution is 2.32. The highest BCUT2D eigenvalue weighted by Gasteiger charge is 2.26. The predicted molar refractivity (Wildman–Crippen MR) is 78.6 cm³/mol. The lowest BCUT2D eigenvalue weighted by Crippen LogP contribution is -2.24. The number of hydrogen-bond donors (Lipinski definition) is 0. The molecule has 1 aliphatic carbocycles. The number of ketones is 1. The molecular weight excluding hydrogens is 307 g/mol. The van der Waals surface area contributed by atoms with Crippen LogP contribution in [0.25, 0.3) is 0 Å². The van der Waals surface area contributed by atoms with Crippen molar-refractivity contribution in [3.05, 3.63) is 34.1 Å². The van der Waals surface area contributed by atoms with Crippen LogP contribution in [0.4, 0.5) is 4.39 Å². The summed E-state index contributed by atoms with van der Waals surface area (Å²) in [6.07, 6.45) is 6.10. The van der Waals surface area contributed by atoms with Gasteiger partial charge in [0.15, 0.2) is 0 Å². The maximum absolute atomic E-state index is 13.2. The SMILES string of the molecule is CCC1CCCC(C(=O)Cc2ccc(F)c(Br)c2)C1.